The van der Waals surface area contributed by atoms with Crippen molar-refractivity contribution in [3.63, 3.8) is 0 Å². The summed E-state index contributed by atoms with van der Waals surface area (Å²) in [7, 11) is 0. The zero-order valence-electron chi connectivity index (χ0n) is 11.9. The highest BCUT2D eigenvalue weighted by atomic mass is 16.5. The zero-order chi connectivity index (χ0) is 13.5. The molecule has 102 valence electrons. The van der Waals surface area contributed by atoms with E-state index in [0.717, 1.165) is 12.8 Å². The van der Waals surface area contributed by atoms with Gasteiger partial charge in [0.2, 0.25) is 5.91 Å². The highest BCUT2D eigenvalue weighted by Crippen LogP contribution is 2.25. The van der Waals surface area contributed by atoms with Gasteiger partial charge in [-0.3, -0.25) is 4.79 Å². The second-order valence-corrected chi connectivity index (χ2v) is 5.07. The lowest BCUT2D eigenvalue weighted by Crippen LogP contribution is -2.49. The van der Waals surface area contributed by atoms with Crippen molar-refractivity contribution in [3.05, 3.63) is 0 Å². The molecule has 0 aliphatic heterocycles. The second kappa shape index (κ2) is 6.97. The van der Waals surface area contributed by atoms with Crippen molar-refractivity contribution < 1.29 is 9.53 Å². The Bertz CT molecular complexity index is 227. The summed E-state index contributed by atoms with van der Waals surface area (Å²) in [6.07, 6.45) is 1.53. The summed E-state index contributed by atoms with van der Waals surface area (Å²) >= 11 is 0. The van der Waals surface area contributed by atoms with Gasteiger partial charge in [0.05, 0.1) is 11.0 Å². The van der Waals surface area contributed by atoms with Crippen molar-refractivity contribution in [1.29, 1.82) is 0 Å². The number of nitrogens with one attached hydrogen (secondary N) is 1. The highest BCUT2D eigenvalue weighted by molar-refractivity contribution is 5.82. The molecule has 0 aliphatic rings. The summed E-state index contributed by atoms with van der Waals surface area (Å²) in [5, 5.41) is 2.96. The summed E-state index contributed by atoms with van der Waals surface area (Å²) < 4.78 is 5.55. The quantitative estimate of drug-likeness (QED) is 0.683. The van der Waals surface area contributed by atoms with Crippen LogP contribution < -0.4 is 11.1 Å². The summed E-state index contributed by atoms with van der Waals surface area (Å²) in [6, 6.07) is 0. The molecule has 0 aromatic heterocycles. The van der Waals surface area contributed by atoms with Gasteiger partial charge in [0.1, 0.15) is 0 Å². The molecule has 3 N–H and O–H groups in total. The lowest BCUT2D eigenvalue weighted by atomic mass is 9.81. The van der Waals surface area contributed by atoms with E-state index in [1.165, 1.54) is 0 Å². The molecule has 0 aromatic carbocycles. The highest BCUT2D eigenvalue weighted by Gasteiger charge is 2.34. The molecule has 0 saturated heterocycles. The lowest BCUT2D eigenvalue weighted by Gasteiger charge is -2.31. The first-order valence-electron chi connectivity index (χ1n) is 6.49. The molecular formula is C13H28N2O2. The number of ether oxygens (including phenoxy) is 1. The van der Waals surface area contributed by atoms with Crippen LogP contribution in [0, 0.1) is 5.41 Å². The Morgan fingerprint density at radius 3 is 2.12 bits per heavy atom. The first-order chi connectivity index (χ1) is 7.87. The van der Waals surface area contributed by atoms with Gasteiger partial charge in [-0.2, -0.15) is 0 Å². The number of hydrogen-bond donors (Lipinski definition) is 2. The number of carbonyl (C=O) groups is 1. The van der Waals surface area contributed by atoms with E-state index in [9.17, 15) is 4.79 Å². The largest absolute Gasteiger partial charge is 0.374 e. The normalized spacial score (nSPS) is 12.6. The third-order valence-electron chi connectivity index (χ3n) is 3.44. The Labute approximate surface area is 105 Å². The van der Waals surface area contributed by atoms with Crippen molar-refractivity contribution in [2.45, 2.75) is 53.1 Å². The molecule has 1 amide bonds. The number of hydrogen-bond acceptors (Lipinski definition) is 3. The second-order valence-electron chi connectivity index (χ2n) is 5.07. The first kappa shape index (κ1) is 16.4. The predicted molar refractivity (Wildman–Crippen MR) is 70.8 cm³/mol. The molecule has 4 heteroatoms. The maximum absolute atomic E-state index is 12.2. The SMILES string of the molecule is CCOC(C)(C)CNC(=O)C(CC)(CC)CN. The van der Waals surface area contributed by atoms with Crippen LogP contribution in [0.15, 0.2) is 0 Å². The van der Waals surface area contributed by atoms with Crippen LogP contribution >= 0.6 is 0 Å². The molecule has 0 atom stereocenters. The van der Waals surface area contributed by atoms with Crippen molar-refractivity contribution >= 4 is 5.91 Å². The molecule has 0 aliphatic carbocycles. The van der Waals surface area contributed by atoms with Gasteiger partial charge >= 0.3 is 0 Å². The number of nitrogens with two attached hydrogens (primary N) is 1. The topological polar surface area (TPSA) is 64.3 Å². The lowest BCUT2D eigenvalue weighted by molar-refractivity contribution is -0.132. The minimum atomic E-state index is -0.428. The van der Waals surface area contributed by atoms with Gasteiger partial charge in [-0.05, 0) is 33.6 Å². The summed E-state index contributed by atoms with van der Waals surface area (Å²) in [6.45, 7) is 11.4. The van der Waals surface area contributed by atoms with Crippen LogP contribution in [-0.2, 0) is 9.53 Å². The van der Waals surface area contributed by atoms with Crippen LogP contribution in [-0.4, -0.2) is 31.2 Å². The Kier molecular flexibility index (Phi) is 6.72. The fourth-order valence-corrected chi connectivity index (χ4v) is 1.87. The van der Waals surface area contributed by atoms with Gasteiger partial charge in [-0.25, -0.2) is 0 Å². The van der Waals surface area contributed by atoms with Crippen LogP contribution in [0.25, 0.3) is 0 Å². The smallest absolute Gasteiger partial charge is 0.227 e. The maximum Gasteiger partial charge on any atom is 0.227 e. The van der Waals surface area contributed by atoms with Gasteiger partial charge < -0.3 is 15.8 Å². The van der Waals surface area contributed by atoms with Crippen molar-refractivity contribution in [3.8, 4) is 0 Å². The minimum Gasteiger partial charge on any atom is -0.374 e. The van der Waals surface area contributed by atoms with Crippen molar-refractivity contribution in [1.82, 2.24) is 5.32 Å². The van der Waals surface area contributed by atoms with Gasteiger partial charge in [0.25, 0.3) is 0 Å². The standard InChI is InChI=1S/C13H28N2O2/c1-6-13(7-2,9-14)11(16)15-10-12(4,5)17-8-3/h6-10,14H2,1-5H3,(H,15,16). The molecular weight excluding hydrogens is 216 g/mol. The van der Waals surface area contributed by atoms with E-state index < -0.39 is 5.41 Å². The fraction of sp³-hybridized carbons (Fsp3) is 0.923. The molecule has 0 bridgehead atoms. The summed E-state index contributed by atoms with van der Waals surface area (Å²) in [4.78, 5) is 12.2. The minimum absolute atomic E-state index is 0.0396. The Morgan fingerprint density at radius 2 is 1.76 bits per heavy atom. The van der Waals surface area contributed by atoms with Crippen LogP contribution in [0.5, 0.6) is 0 Å². The number of carbonyl (C=O) groups excluding carboxylic acids is 1. The van der Waals surface area contributed by atoms with Crippen LogP contribution in [0.3, 0.4) is 0 Å². The van der Waals surface area contributed by atoms with Crippen LogP contribution in [0.2, 0.25) is 0 Å². The van der Waals surface area contributed by atoms with E-state index in [-0.39, 0.29) is 11.5 Å². The van der Waals surface area contributed by atoms with E-state index in [2.05, 4.69) is 5.32 Å². The summed E-state index contributed by atoms with van der Waals surface area (Å²) in [5.74, 6) is 0.0396. The number of amides is 1. The van der Waals surface area contributed by atoms with Gasteiger partial charge in [0.15, 0.2) is 0 Å². The third-order valence-corrected chi connectivity index (χ3v) is 3.44. The van der Waals surface area contributed by atoms with Gasteiger partial charge in [-0.15, -0.1) is 0 Å². The fourth-order valence-electron chi connectivity index (χ4n) is 1.87. The molecule has 0 spiro atoms. The zero-order valence-corrected chi connectivity index (χ0v) is 11.9. The molecule has 0 fully saturated rings. The van der Waals surface area contributed by atoms with Crippen molar-refractivity contribution in [2.75, 3.05) is 19.7 Å². The summed E-state index contributed by atoms with van der Waals surface area (Å²) in [5.41, 5.74) is 4.98. The number of rotatable bonds is 8. The van der Waals surface area contributed by atoms with E-state index >= 15 is 0 Å². The molecule has 0 radical (unpaired) electrons. The van der Waals surface area contributed by atoms with Crippen molar-refractivity contribution in [2.24, 2.45) is 11.1 Å². The Balaban J connectivity index is 4.43. The molecule has 0 heterocycles. The van der Waals surface area contributed by atoms with Gasteiger partial charge in [-0.1, -0.05) is 13.8 Å². The molecule has 0 rings (SSSR count). The maximum atomic E-state index is 12.2. The Morgan fingerprint density at radius 1 is 1.24 bits per heavy atom. The van der Waals surface area contributed by atoms with Crippen LogP contribution in [0.4, 0.5) is 0 Å². The third kappa shape index (κ3) is 4.64. The van der Waals surface area contributed by atoms with Crippen LogP contribution in [0.1, 0.15) is 47.5 Å². The predicted octanol–water partition coefficient (Wildman–Crippen LogP) is 1.68. The first-order valence-corrected chi connectivity index (χ1v) is 6.49. The molecule has 17 heavy (non-hydrogen) atoms. The molecule has 0 saturated carbocycles. The average Bonchev–Trinajstić information content (AvgIpc) is 2.29. The molecule has 4 nitrogen and oxygen atoms in total. The molecule has 0 aromatic rings. The van der Waals surface area contributed by atoms with E-state index in [4.69, 9.17) is 10.5 Å². The Hall–Kier alpha value is -0.610. The average molecular weight is 244 g/mol. The van der Waals surface area contributed by atoms with E-state index in [1.807, 2.05) is 34.6 Å². The van der Waals surface area contributed by atoms with Gasteiger partial charge in [0, 0.05) is 19.7 Å². The van der Waals surface area contributed by atoms with E-state index in [1.54, 1.807) is 0 Å². The molecule has 0 unspecified atom stereocenters. The monoisotopic (exact) mass is 244 g/mol. The van der Waals surface area contributed by atoms with E-state index in [0.29, 0.717) is 19.7 Å².